The summed E-state index contributed by atoms with van der Waals surface area (Å²) in [5.41, 5.74) is 1.13. The molecule has 0 radical (unpaired) electrons. The van der Waals surface area contributed by atoms with Crippen LogP contribution in [0.15, 0.2) is 36.5 Å². The Hall–Kier alpha value is -2.90. The van der Waals surface area contributed by atoms with Crippen molar-refractivity contribution >= 4 is 17.6 Å². The van der Waals surface area contributed by atoms with Crippen LogP contribution in [-0.2, 0) is 18.4 Å². The van der Waals surface area contributed by atoms with E-state index in [1.165, 1.54) is 11.0 Å². The van der Waals surface area contributed by atoms with Crippen LogP contribution >= 0.6 is 0 Å². The SMILES string of the molecule is CCCN(CC(=O)N(Cc1cccn1C)CC(C)C)C(=O)Nc1ccc(F)c(F)c1. The van der Waals surface area contributed by atoms with Gasteiger partial charge in [-0.1, -0.05) is 20.8 Å². The molecule has 1 aromatic carbocycles. The summed E-state index contributed by atoms with van der Waals surface area (Å²) >= 11 is 0. The van der Waals surface area contributed by atoms with Crippen molar-refractivity contribution in [2.45, 2.75) is 33.7 Å². The minimum Gasteiger partial charge on any atom is -0.353 e. The van der Waals surface area contributed by atoms with Crippen molar-refractivity contribution in [1.82, 2.24) is 14.4 Å². The summed E-state index contributed by atoms with van der Waals surface area (Å²) in [4.78, 5) is 28.9. The molecule has 0 unspecified atom stereocenters. The van der Waals surface area contributed by atoms with Crippen molar-refractivity contribution < 1.29 is 18.4 Å². The van der Waals surface area contributed by atoms with E-state index in [1.54, 1.807) is 4.90 Å². The molecule has 30 heavy (non-hydrogen) atoms. The Labute approximate surface area is 176 Å². The summed E-state index contributed by atoms with van der Waals surface area (Å²) in [6, 6.07) is 6.50. The standard InChI is InChI=1S/C22H30F2N4O2/c1-5-10-27(22(30)25-17-8-9-19(23)20(24)12-17)15-21(29)28(13-16(2)3)14-18-7-6-11-26(18)4/h6-9,11-12,16H,5,10,13-15H2,1-4H3,(H,25,30). The van der Waals surface area contributed by atoms with Gasteiger partial charge in [0.15, 0.2) is 11.6 Å². The molecule has 8 heteroatoms. The highest BCUT2D eigenvalue weighted by molar-refractivity contribution is 5.92. The van der Waals surface area contributed by atoms with Crippen LogP contribution in [-0.4, -0.2) is 45.9 Å². The number of halogens is 2. The molecule has 0 saturated heterocycles. The van der Waals surface area contributed by atoms with E-state index < -0.39 is 17.7 Å². The number of hydrogen-bond donors (Lipinski definition) is 1. The van der Waals surface area contributed by atoms with E-state index in [0.29, 0.717) is 26.1 Å². The number of hydrogen-bond acceptors (Lipinski definition) is 2. The number of amides is 3. The second-order valence-electron chi connectivity index (χ2n) is 7.76. The largest absolute Gasteiger partial charge is 0.353 e. The van der Waals surface area contributed by atoms with Crippen molar-refractivity contribution in [1.29, 1.82) is 0 Å². The van der Waals surface area contributed by atoms with Crippen LogP contribution in [0, 0.1) is 17.6 Å². The maximum absolute atomic E-state index is 13.4. The highest BCUT2D eigenvalue weighted by Crippen LogP contribution is 2.14. The van der Waals surface area contributed by atoms with Gasteiger partial charge in [-0.25, -0.2) is 13.6 Å². The molecule has 164 valence electrons. The van der Waals surface area contributed by atoms with E-state index in [1.807, 2.05) is 50.7 Å². The number of carbonyl (C=O) groups is 2. The molecular formula is C22H30F2N4O2. The zero-order valence-electron chi connectivity index (χ0n) is 18.0. The number of rotatable bonds is 9. The molecule has 3 amide bonds. The first-order valence-electron chi connectivity index (χ1n) is 10.1. The van der Waals surface area contributed by atoms with Crippen LogP contribution in [0.5, 0.6) is 0 Å². The summed E-state index contributed by atoms with van der Waals surface area (Å²) in [6.07, 6.45) is 2.58. The van der Waals surface area contributed by atoms with E-state index >= 15 is 0 Å². The molecule has 0 aliphatic heterocycles. The van der Waals surface area contributed by atoms with Gasteiger partial charge in [0.25, 0.3) is 0 Å². The molecule has 1 heterocycles. The zero-order chi connectivity index (χ0) is 22.3. The molecule has 1 aromatic heterocycles. The van der Waals surface area contributed by atoms with Gasteiger partial charge in [-0.15, -0.1) is 0 Å². The molecule has 0 spiro atoms. The summed E-state index contributed by atoms with van der Waals surface area (Å²) in [5.74, 6) is -1.93. The molecular weight excluding hydrogens is 390 g/mol. The van der Waals surface area contributed by atoms with Crippen molar-refractivity contribution in [3.63, 3.8) is 0 Å². The molecule has 0 bridgehead atoms. The normalized spacial score (nSPS) is 10.9. The van der Waals surface area contributed by atoms with Gasteiger partial charge in [-0.3, -0.25) is 4.79 Å². The van der Waals surface area contributed by atoms with Gasteiger partial charge >= 0.3 is 6.03 Å². The Morgan fingerprint density at radius 1 is 1.13 bits per heavy atom. The fraction of sp³-hybridized carbons (Fsp3) is 0.455. The molecule has 0 fully saturated rings. The van der Waals surface area contributed by atoms with Crippen molar-refractivity contribution in [2.75, 3.05) is 25.0 Å². The molecule has 6 nitrogen and oxygen atoms in total. The van der Waals surface area contributed by atoms with Crippen LogP contribution in [0.4, 0.5) is 19.3 Å². The smallest absolute Gasteiger partial charge is 0.322 e. The second-order valence-corrected chi connectivity index (χ2v) is 7.76. The Kier molecular flexibility index (Phi) is 8.38. The number of carbonyl (C=O) groups excluding carboxylic acids is 2. The monoisotopic (exact) mass is 420 g/mol. The zero-order valence-corrected chi connectivity index (χ0v) is 18.0. The summed E-state index contributed by atoms with van der Waals surface area (Å²) in [5, 5.41) is 2.54. The first-order chi connectivity index (χ1) is 14.2. The van der Waals surface area contributed by atoms with Gasteiger partial charge < -0.3 is 19.7 Å². The quantitative estimate of drug-likeness (QED) is 0.660. The van der Waals surface area contributed by atoms with Crippen LogP contribution in [0.2, 0.25) is 0 Å². The number of urea groups is 1. The number of anilines is 1. The third-order valence-electron chi connectivity index (χ3n) is 4.62. The Morgan fingerprint density at radius 2 is 1.87 bits per heavy atom. The fourth-order valence-electron chi connectivity index (χ4n) is 3.11. The predicted octanol–water partition coefficient (Wildman–Crippen LogP) is 4.23. The van der Waals surface area contributed by atoms with Crippen LogP contribution in [0.3, 0.4) is 0 Å². The molecule has 0 atom stereocenters. The molecule has 0 aliphatic carbocycles. The second kappa shape index (κ2) is 10.8. The maximum atomic E-state index is 13.4. The van der Waals surface area contributed by atoms with E-state index in [0.717, 1.165) is 17.8 Å². The average molecular weight is 421 g/mol. The van der Waals surface area contributed by atoms with Gasteiger partial charge in [-0.2, -0.15) is 0 Å². The lowest BCUT2D eigenvalue weighted by Crippen LogP contribution is -2.45. The molecule has 2 aromatic rings. The van der Waals surface area contributed by atoms with Gasteiger partial charge in [0, 0.05) is 43.8 Å². The third kappa shape index (κ3) is 6.57. The Balaban J connectivity index is 2.10. The molecule has 0 saturated carbocycles. The first kappa shape index (κ1) is 23.4. The number of nitrogens with one attached hydrogen (secondary N) is 1. The van der Waals surface area contributed by atoms with E-state index in [-0.39, 0.29) is 24.1 Å². The van der Waals surface area contributed by atoms with Crippen molar-refractivity contribution in [3.8, 4) is 0 Å². The highest BCUT2D eigenvalue weighted by Gasteiger charge is 2.22. The van der Waals surface area contributed by atoms with Gasteiger partial charge in [0.2, 0.25) is 5.91 Å². The van der Waals surface area contributed by atoms with E-state index in [9.17, 15) is 18.4 Å². The van der Waals surface area contributed by atoms with E-state index in [4.69, 9.17) is 0 Å². The third-order valence-corrected chi connectivity index (χ3v) is 4.62. The lowest BCUT2D eigenvalue weighted by molar-refractivity contribution is -0.133. The first-order valence-corrected chi connectivity index (χ1v) is 10.1. The van der Waals surface area contributed by atoms with E-state index in [2.05, 4.69) is 5.32 Å². The van der Waals surface area contributed by atoms with Crippen LogP contribution in [0.25, 0.3) is 0 Å². The topological polar surface area (TPSA) is 57.6 Å². The molecule has 2 rings (SSSR count). The van der Waals surface area contributed by atoms with Crippen LogP contribution < -0.4 is 5.32 Å². The average Bonchev–Trinajstić information content (AvgIpc) is 3.08. The molecule has 1 N–H and O–H groups in total. The lowest BCUT2D eigenvalue weighted by Gasteiger charge is -2.29. The predicted molar refractivity (Wildman–Crippen MR) is 113 cm³/mol. The summed E-state index contributed by atoms with van der Waals surface area (Å²) in [7, 11) is 1.92. The number of aromatic nitrogens is 1. The van der Waals surface area contributed by atoms with Crippen LogP contribution in [0.1, 0.15) is 32.9 Å². The lowest BCUT2D eigenvalue weighted by atomic mass is 10.2. The Bertz CT molecular complexity index is 867. The minimum atomic E-state index is -1.04. The fourth-order valence-corrected chi connectivity index (χ4v) is 3.11. The van der Waals surface area contributed by atoms with Gasteiger partial charge in [0.05, 0.1) is 6.54 Å². The maximum Gasteiger partial charge on any atom is 0.322 e. The van der Waals surface area contributed by atoms with Gasteiger partial charge in [-0.05, 0) is 36.6 Å². The number of aryl methyl sites for hydroxylation is 1. The van der Waals surface area contributed by atoms with Crippen molar-refractivity contribution in [2.24, 2.45) is 13.0 Å². The number of benzene rings is 1. The summed E-state index contributed by atoms with van der Waals surface area (Å²) in [6.45, 7) is 7.25. The number of nitrogens with zero attached hydrogens (tertiary/aromatic N) is 3. The van der Waals surface area contributed by atoms with Gasteiger partial charge in [0.1, 0.15) is 6.54 Å². The summed E-state index contributed by atoms with van der Waals surface area (Å²) < 4.78 is 28.5. The minimum absolute atomic E-state index is 0.0967. The van der Waals surface area contributed by atoms with Crippen molar-refractivity contribution in [3.05, 3.63) is 53.9 Å². The molecule has 0 aliphatic rings. The highest BCUT2D eigenvalue weighted by atomic mass is 19.2. The Morgan fingerprint density at radius 3 is 2.43 bits per heavy atom.